The fourth-order valence-corrected chi connectivity index (χ4v) is 2.54. The monoisotopic (exact) mass is 315 g/mol. The zero-order valence-corrected chi connectivity index (χ0v) is 12.6. The normalized spacial score (nSPS) is 10.8. The largest absolute Gasteiger partial charge is 0.287 e. The molecule has 0 aliphatic carbocycles. The van der Waals surface area contributed by atoms with Crippen molar-refractivity contribution >= 4 is 40.0 Å². The highest BCUT2D eigenvalue weighted by molar-refractivity contribution is 7.98. The van der Waals surface area contributed by atoms with Crippen LogP contribution in [-0.2, 0) is 0 Å². The van der Waals surface area contributed by atoms with Gasteiger partial charge >= 0.3 is 0 Å². The fraction of sp³-hybridized carbons (Fsp3) is 0.0667. The number of carbonyl (C=O) groups is 1. The van der Waals surface area contributed by atoms with Gasteiger partial charge < -0.3 is 0 Å². The summed E-state index contributed by atoms with van der Waals surface area (Å²) in [6, 6.07) is 10.8. The van der Waals surface area contributed by atoms with Gasteiger partial charge in [-0.05, 0) is 24.5 Å². The SMILES string of the molecule is CSc1nccc(C(=O)c2cc3ccccc3nc2Cl)n1. The lowest BCUT2D eigenvalue weighted by molar-refractivity contribution is 0.103. The molecule has 2 heterocycles. The third-order valence-electron chi connectivity index (χ3n) is 2.97. The second kappa shape index (κ2) is 5.79. The Morgan fingerprint density at radius 1 is 1.19 bits per heavy atom. The number of ketones is 1. The smallest absolute Gasteiger partial charge is 0.214 e. The molecule has 0 fully saturated rings. The van der Waals surface area contributed by atoms with E-state index in [-0.39, 0.29) is 10.9 Å². The predicted octanol–water partition coefficient (Wildman–Crippen LogP) is 3.63. The number of rotatable bonds is 3. The van der Waals surface area contributed by atoms with Crippen molar-refractivity contribution in [2.45, 2.75) is 5.16 Å². The van der Waals surface area contributed by atoms with E-state index in [0.717, 1.165) is 10.9 Å². The summed E-state index contributed by atoms with van der Waals surface area (Å²) in [5, 5.41) is 1.60. The first-order valence-corrected chi connectivity index (χ1v) is 7.76. The summed E-state index contributed by atoms with van der Waals surface area (Å²) in [5.74, 6) is -0.254. The van der Waals surface area contributed by atoms with Gasteiger partial charge in [-0.3, -0.25) is 4.79 Å². The standard InChI is InChI=1S/C15H10ClN3OS/c1-21-15-17-7-6-12(19-15)13(20)10-8-9-4-2-3-5-11(9)18-14(10)16/h2-8H,1H3. The van der Waals surface area contributed by atoms with E-state index in [0.29, 0.717) is 16.4 Å². The van der Waals surface area contributed by atoms with Gasteiger partial charge in [-0.25, -0.2) is 15.0 Å². The number of nitrogens with zero attached hydrogens (tertiary/aromatic N) is 3. The van der Waals surface area contributed by atoms with Crippen LogP contribution in [0.25, 0.3) is 10.9 Å². The van der Waals surface area contributed by atoms with Gasteiger partial charge in [-0.1, -0.05) is 41.6 Å². The molecule has 104 valence electrons. The molecular weight excluding hydrogens is 306 g/mol. The lowest BCUT2D eigenvalue weighted by atomic mass is 10.1. The Morgan fingerprint density at radius 3 is 2.81 bits per heavy atom. The van der Waals surface area contributed by atoms with Crippen LogP contribution in [0.4, 0.5) is 0 Å². The summed E-state index contributed by atoms with van der Waals surface area (Å²) in [6.07, 6.45) is 3.42. The van der Waals surface area contributed by atoms with E-state index < -0.39 is 0 Å². The first-order chi connectivity index (χ1) is 10.2. The molecule has 0 atom stereocenters. The van der Waals surface area contributed by atoms with Crippen molar-refractivity contribution in [1.82, 2.24) is 15.0 Å². The lowest BCUT2D eigenvalue weighted by Crippen LogP contribution is -2.07. The number of para-hydroxylation sites is 1. The zero-order valence-electron chi connectivity index (χ0n) is 11.1. The second-order valence-corrected chi connectivity index (χ2v) is 5.41. The molecule has 0 N–H and O–H groups in total. The molecule has 21 heavy (non-hydrogen) atoms. The maximum Gasteiger partial charge on any atom is 0.214 e. The molecule has 6 heteroatoms. The maximum absolute atomic E-state index is 12.6. The maximum atomic E-state index is 12.6. The van der Waals surface area contributed by atoms with Gasteiger partial charge in [0.2, 0.25) is 5.78 Å². The molecule has 0 saturated carbocycles. The van der Waals surface area contributed by atoms with E-state index >= 15 is 0 Å². The van der Waals surface area contributed by atoms with Gasteiger partial charge in [0.15, 0.2) is 5.16 Å². The number of benzene rings is 1. The van der Waals surface area contributed by atoms with Crippen LogP contribution in [-0.4, -0.2) is 27.0 Å². The number of fused-ring (bicyclic) bond motifs is 1. The Kier molecular flexibility index (Phi) is 3.86. The molecule has 2 aromatic heterocycles. The highest BCUT2D eigenvalue weighted by Crippen LogP contribution is 2.23. The molecule has 3 rings (SSSR count). The molecule has 0 aliphatic rings. The van der Waals surface area contributed by atoms with Crippen LogP contribution in [0, 0.1) is 0 Å². The molecular formula is C15H10ClN3OS. The molecule has 3 aromatic rings. The van der Waals surface area contributed by atoms with Gasteiger partial charge in [0, 0.05) is 11.6 Å². The van der Waals surface area contributed by atoms with Crippen LogP contribution in [0.1, 0.15) is 16.1 Å². The summed E-state index contributed by atoms with van der Waals surface area (Å²) in [6.45, 7) is 0. The number of halogens is 1. The van der Waals surface area contributed by atoms with Crippen molar-refractivity contribution in [2.75, 3.05) is 6.26 Å². The number of pyridine rings is 1. The molecule has 0 saturated heterocycles. The number of thioether (sulfide) groups is 1. The molecule has 0 bridgehead atoms. The molecule has 0 amide bonds. The molecule has 1 aromatic carbocycles. The van der Waals surface area contributed by atoms with Gasteiger partial charge in [0.25, 0.3) is 0 Å². The Balaban J connectivity index is 2.10. The number of hydrogen-bond donors (Lipinski definition) is 0. The Hall–Kier alpha value is -1.98. The topological polar surface area (TPSA) is 55.7 Å². The van der Waals surface area contributed by atoms with E-state index in [1.165, 1.54) is 11.8 Å². The summed E-state index contributed by atoms with van der Waals surface area (Å²) >= 11 is 7.52. The summed E-state index contributed by atoms with van der Waals surface area (Å²) in [5.41, 5.74) is 1.42. The summed E-state index contributed by atoms with van der Waals surface area (Å²) in [4.78, 5) is 25.1. The van der Waals surface area contributed by atoms with E-state index in [9.17, 15) is 4.79 Å². The highest BCUT2D eigenvalue weighted by atomic mass is 35.5. The highest BCUT2D eigenvalue weighted by Gasteiger charge is 2.17. The first-order valence-electron chi connectivity index (χ1n) is 6.16. The molecule has 0 spiro atoms. The quantitative estimate of drug-likeness (QED) is 0.320. The van der Waals surface area contributed by atoms with Crippen LogP contribution in [0.15, 0.2) is 47.8 Å². The first kappa shape index (κ1) is 14.0. The minimum absolute atomic E-state index is 0.183. The molecule has 0 radical (unpaired) electrons. The van der Waals surface area contributed by atoms with E-state index in [1.807, 2.05) is 30.5 Å². The third-order valence-corrected chi connectivity index (χ3v) is 3.82. The van der Waals surface area contributed by atoms with Crippen molar-refractivity contribution in [2.24, 2.45) is 0 Å². The predicted molar refractivity (Wildman–Crippen MR) is 84.0 cm³/mol. The average Bonchev–Trinajstić information content (AvgIpc) is 2.53. The van der Waals surface area contributed by atoms with Crippen molar-refractivity contribution in [3.05, 3.63) is 59.0 Å². The van der Waals surface area contributed by atoms with Crippen LogP contribution in [0.3, 0.4) is 0 Å². The number of hydrogen-bond acceptors (Lipinski definition) is 5. The van der Waals surface area contributed by atoms with Gasteiger partial charge in [0.1, 0.15) is 10.8 Å². The zero-order chi connectivity index (χ0) is 14.8. The summed E-state index contributed by atoms with van der Waals surface area (Å²) < 4.78 is 0. The van der Waals surface area contributed by atoms with Crippen LogP contribution in [0.5, 0.6) is 0 Å². The summed E-state index contributed by atoms with van der Waals surface area (Å²) in [7, 11) is 0. The Morgan fingerprint density at radius 2 is 2.00 bits per heavy atom. The van der Waals surface area contributed by atoms with Crippen LogP contribution in [0.2, 0.25) is 5.15 Å². The minimum Gasteiger partial charge on any atom is -0.287 e. The minimum atomic E-state index is -0.254. The van der Waals surface area contributed by atoms with Crippen molar-refractivity contribution in [3.8, 4) is 0 Å². The number of aromatic nitrogens is 3. The van der Waals surface area contributed by atoms with Crippen molar-refractivity contribution in [3.63, 3.8) is 0 Å². The second-order valence-electron chi connectivity index (χ2n) is 4.28. The van der Waals surface area contributed by atoms with Gasteiger partial charge in [-0.15, -0.1) is 0 Å². The van der Waals surface area contributed by atoms with E-state index in [2.05, 4.69) is 15.0 Å². The fourth-order valence-electron chi connectivity index (χ4n) is 1.96. The Labute approximate surface area is 130 Å². The van der Waals surface area contributed by atoms with Crippen LogP contribution >= 0.6 is 23.4 Å². The molecule has 4 nitrogen and oxygen atoms in total. The van der Waals surface area contributed by atoms with E-state index in [4.69, 9.17) is 11.6 Å². The Bertz CT molecular complexity index is 838. The molecule has 0 aliphatic heterocycles. The molecule has 0 unspecified atom stereocenters. The lowest BCUT2D eigenvalue weighted by Gasteiger charge is -2.05. The van der Waals surface area contributed by atoms with E-state index in [1.54, 1.807) is 18.3 Å². The van der Waals surface area contributed by atoms with Gasteiger partial charge in [0.05, 0.1) is 11.1 Å². The third kappa shape index (κ3) is 2.75. The average molecular weight is 316 g/mol. The van der Waals surface area contributed by atoms with Crippen molar-refractivity contribution < 1.29 is 4.79 Å². The van der Waals surface area contributed by atoms with Crippen LogP contribution < -0.4 is 0 Å². The number of carbonyl (C=O) groups excluding carboxylic acids is 1. The van der Waals surface area contributed by atoms with Gasteiger partial charge in [-0.2, -0.15) is 0 Å². The van der Waals surface area contributed by atoms with Crippen molar-refractivity contribution in [1.29, 1.82) is 0 Å².